The Morgan fingerprint density at radius 3 is 2.83 bits per heavy atom. The number of amides is 1. The number of cyclic esters (lactones) is 1. The summed E-state index contributed by atoms with van der Waals surface area (Å²) < 4.78 is 5.28. The normalized spacial score (nSPS) is 15.9. The first-order valence-electron chi connectivity index (χ1n) is 7.75. The van der Waals surface area contributed by atoms with Crippen molar-refractivity contribution in [2.24, 2.45) is 0 Å². The Bertz CT molecular complexity index is 739. The van der Waals surface area contributed by atoms with Crippen molar-refractivity contribution in [3.63, 3.8) is 0 Å². The number of esters is 1. The van der Waals surface area contributed by atoms with Gasteiger partial charge in [-0.05, 0) is 25.0 Å². The number of ether oxygens (including phenoxy) is 1. The van der Waals surface area contributed by atoms with Crippen LogP contribution < -0.4 is 5.32 Å². The van der Waals surface area contributed by atoms with Crippen molar-refractivity contribution in [1.29, 1.82) is 0 Å². The fourth-order valence-corrected chi connectivity index (χ4v) is 2.83. The molecule has 0 unspecified atom stereocenters. The minimum absolute atomic E-state index is 0.104. The van der Waals surface area contributed by atoms with Crippen molar-refractivity contribution in [2.45, 2.75) is 25.9 Å². The van der Waals surface area contributed by atoms with Crippen LogP contribution in [0.3, 0.4) is 0 Å². The number of aryl methyl sites for hydroxylation is 1. The lowest BCUT2D eigenvalue weighted by molar-refractivity contribution is -0.122. The van der Waals surface area contributed by atoms with Gasteiger partial charge in [0.15, 0.2) is 0 Å². The standard InChI is InChI=1S/C19H19NO3/c1-13-5-4-6-14(11-13)9-10-20-18(21)12-17-15-7-2-3-8-16(15)19(22)23-17/h2-8,11,17H,9-10,12H2,1H3,(H,20,21)/t17-/m0/s1. The summed E-state index contributed by atoms with van der Waals surface area (Å²) >= 11 is 0. The molecule has 1 aliphatic heterocycles. The van der Waals surface area contributed by atoms with E-state index in [1.807, 2.05) is 37.3 Å². The molecule has 1 atom stereocenters. The van der Waals surface area contributed by atoms with Gasteiger partial charge in [-0.3, -0.25) is 4.79 Å². The molecule has 0 aromatic heterocycles. The maximum Gasteiger partial charge on any atom is 0.339 e. The van der Waals surface area contributed by atoms with E-state index in [1.165, 1.54) is 11.1 Å². The average Bonchev–Trinajstić information content (AvgIpc) is 2.84. The van der Waals surface area contributed by atoms with Crippen molar-refractivity contribution in [3.8, 4) is 0 Å². The number of fused-ring (bicyclic) bond motifs is 1. The highest BCUT2D eigenvalue weighted by Gasteiger charge is 2.31. The van der Waals surface area contributed by atoms with Crippen LogP contribution >= 0.6 is 0 Å². The summed E-state index contributed by atoms with van der Waals surface area (Å²) in [5, 5.41) is 2.89. The predicted molar refractivity (Wildman–Crippen MR) is 87.1 cm³/mol. The van der Waals surface area contributed by atoms with E-state index >= 15 is 0 Å². The van der Waals surface area contributed by atoms with Crippen molar-refractivity contribution >= 4 is 11.9 Å². The molecule has 1 amide bonds. The van der Waals surface area contributed by atoms with Crippen molar-refractivity contribution < 1.29 is 14.3 Å². The Balaban J connectivity index is 1.52. The molecule has 4 heteroatoms. The lowest BCUT2D eigenvalue weighted by Gasteiger charge is -2.11. The van der Waals surface area contributed by atoms with E-state index in [0.717, 1.165) is 12.0 Å². The third kappa shape index (κ3) is 3.59. The maximum absolute atomic E-state index is 12.1. The third-order valence-corrected chi connectivity index (χ3v) is 3.97. The molecule has 0 aliphatic carbocycles. The second-order valence-corrected chi connectivity index (χ2v) is 5.77. The molecule has 1 N–H and O–H groups in total. The van der Waals surface area contributed by atoms with Crippen LogP contribution in [0, 0.1) is 6.92 Å². The number of carbonyl (C=O) groups is 2. The zero-order valence-corrected chi connectivity index (χ0v) is 13.0. The van der Waals surface area contributed by atoms with E-state index in [0.29, 0.717) is 12.1 Å². The summed E-state index contributed by atoms with van der Waals surface area (Å²) in [6.45, 7) is 2.62. The number of rotatable bonds is 5. The van der Waals surface area contributed by atoms with Gasteiger partial charge in [0.05, 0.1) is 12.0 Å². The Morgan fingerprint density at radius 2 is 2.00 bits per heavy atom. The summed E-state index contributed by atoms with van der Waals surface area (Å²) in [6, 6.07) is 15.4. The number of hydrogen-bond donors (Lipinski definition) is 1. The first-order chi connectivity index (χ1) is 11.1. The summed E-state index contributed by atoms with van der Waals surface area (Å²) in [5.74, 6) is -0.453. The quantitative estimate of drug-likeness (QED) is 0.864. The Kier molecular flexibility index (Phi) is 4.42. The number of benzene rings is 2. The van der Waals surface area contributed by atoms with Crippen LogP contribution in [0.2, 0.25) is 0 Å². The van der Waals surface area contributed by atoms with Gasteiger partial charge in [0.2, 0.25) is 5.91 Å². The number of nitrogens with one attached hydrogen (secondary N) is 1. The van der Waals surface area contributed by atoms with Gasteiger partial charge in [0, 0.05) is 12.1 Å². The van der Waals surface area contributed by atoms with Crippen LogP contribution in [-0.4, -0.2) is 18.4 Å². The first-order valence-corrected chi connectivity index (χ1v) is 7.75. The van der Waals surface area contributed by atoms with E-state index < -0.39 is 6.10 Å². The molecule has 1 heterocycles. The van der Waals surface area contributed by atoms with Gasteiger partial charge < -0.3 is 10.1 Å². The lowest BCUT2D eigenvalue weighted by atomic mass is 10.0. The van der Waals surface area contributed by atoms with E-state index in [9.17, 15) is 9.59 Å². The molecular weight excluding hydrogens is 290 g/mol. The molecule has 2 aromatic rings. The molecule has 1 aliphatic rings. The summed E-state index contributed by atoms with van der Waals surface area (Å²) in [7, 11) is 0. The van der Waals surface area contributed by atoms with Gasteiger partial charge in [0.1, 0.15) is 6.10 Å². The Labute approximate surface area is 135 Å². The minimum atomic E-state index is -0.474. The van der Waals surface area contributed by atoms with Crippen LogP contribution in [0.25, 0.3) is 0 Å². The zero-order chi connectivity index (χ0) is 16.2. The second-order valence-electron chi connectivity index (χ2n) is 5.77. The molecule has 0 saturated carbocycles. The van der Waals surface area contributed by atoms with Gasteiger partial charge in [-0.15, -0.1) is 0 Å². The highest BCUT2D eigenvalue weighted by molar-refractivity contribution is 5.94. The van der Waals surface area contributed by atoms with Crippen molar-refractivity contribution in [1.82, 2.24) is 5.32 Å². The van der Waals surface area contributed by atoms with Crippen molar-refractivity contribution in [2.75, 3.05) is 6.54 Å². The number of carbonyl (C=O) groups excluding carboxylic acids is 2. The molecule has 0 fully saturated rings. The predicted octanol–water partition coefficient (Wildman–Crippen LogP) is 2.96. The topological polar surface area (TPSA) is 55.4 Å². The molecule has 0 radical (unpaired) electrons. The Morgan fingerprint density at radius 1 is 1.17 bits per heavy atom. The smallest absolute Gasteiger partial charge is 0.339 e. The molecule has 2 aromatic carbocycles. The molecule has 4 nitrogen and oxygen atoms in total. The summed E-state index contributed by atoms with van der Waals surface area (Å²) in [5.41, 5.74) is 3.77. The van der Waals surface area contributed by atoms with E-state index in [1.54, 1.807) is 12.1 Å². The third-order valence-electron chi connectivity index (χ3n) is 3.97. The lowest BCUT2D eigenvalue weighted by Crippen LogP contribution is -2.27. The van der Waals surface area contributed by atoms with Crippen LogP contribution in [0.15, 0.2) is 48.5 Å². The molecule has 0 bridgehead atoms. The van der Waals surface area contributed by atoms with Gasteiger partial charge in [0.25, 0.3) is 0 Å². The molecule has 0 saturated heterocycles. The molecule has 23 heavy (non-hydrogen) atoms. The highest BCUT2D eigenvalue weighted by atomic mass is 16.5. The van der Waals surface area contributed by atoms with E-state index in [-0.39, 0.29) is 18.3 Å². The SMILES string of the molecule is Cc1cccc(CCNC(=O)C[C@@H]2OC(=O)c3ccccc32)c1. The first kappa shape index (κ1) is 15.3. The minimum Gasteiger partial charge on any atom is -0.453 e. The van der Waals surface area contributed by atoms with Crippen LogP contribution in [-0.2, 0) is 16.0 Å². The van der Waals surface area contributed by atoms with Gasteiger partial charge >= 0.3 is 5.97 Å². The van der Waals surface area contributed by atoms with Gasteiger partial charge in [-0.1, -0.05) is 48.0 Å². The van der Waals surface area contributed by atoms with Gasteiger partial charge in [-0.2, -0.15) is 0 Å². The molecule has 3 rings (SSSR count). The van der Waals surface area contributed by atoms with Crippen LogP contribution in [0.4, 0.5) is 0 Å². The fourth-order valence-electron chi connectivity index (χ4n) is 2.83. The molecule has 118 valence electrons. The van der Waals surface area contributed by atoms with Gasteiger partial charge in [-0.25, -0.2) is 4.79 Å². The van der Waals surface area contributed by atoms with Crippen molar-refractivity contribution in [3.05, 3.63) is 70.8 Å². The summed E-state index contributed by atoms with van der Waals surface area (Å²) in [6.07, 6.45) is 0.475. The monoisotopic (exact) mass is 309 g/mol. The van der Waals surface area contributed by atoms with Crippen LogP contribution in [0.5, 0.6) is 0 Å². The highest BCUT2D eigenvalue weighted by Crippen LogP contribution is 2.32. The second kappa shape index (κ2) is 6.65. The zero-order valence-electron chi connectivity index (χ0n) is 13.0. The largest absolute Gasteiger partial charge is 0.453 e. The van der Waals surface area contributed by atoms with E-state index in [2.05, 4.69) is 11.4 Å². The fraction of sp³-hybridized carbons (Fsp3) is 0.263. The maximum atomic E-state index is 12.1. The average molecular weight is 309 g/mol. The number of hydrogen-bond acceptors (Lipinski definition) is 3. The molecule has 0 spiro atoms. The summed E-state index contributed by atoms with van der Waals surface area (Å²) in [4.78, 5) is 23.8. The van der Waals surface area contributed by atoms with Crippen LogP contribution in [0.1, 0.15) is 39.6 Å². The molecular formula is C19H19NO3. The Hall–Kier alpha value is -2.62. The van der Waals surface area contributed by atoms with E-state index in [4.69, 9.17) is 4.74 Å².